The summed E-state index contributed by atoms with van der Waals surface area (Å²) >= 11 is 0. The molecule has 9 heteroatoms. The Labute approximate surface area is 150 Å². The Morgan fingerprint density at radius 1 is 1.04 bits per heavy atom. The Bertz CT molecular complexity index is 1150. The molecule has 0 radical (unpaired) electrons. The maximum absolute atomic E-state index is 13.4. The fourth-order valence-electron chi connectivity index (χ4n) is 2.91. The fourth-order valence-corrected chi connectivity index (χ4v) is 2.91. The Kier molecular flexibility index (Phi) is 3.79. The molecule has 0 unspecified atom stereocenters. The molecule has 0 fully saturated rings. The number of benzene rings is 1. The number of rotatable bonds is 2. The van der Waals surface area contributed by atoms with Crippen LogP contribution in [-0.4, -0.2) is 30.3 Å². The van der Waals surface area contributed by atoms with Crippen LogP contribution < -0.4 is 0 Å². The summed E-state index contributed by atoms with van der Waals surface area (Å²) in [6.45, 7) is 1.69. The molecular weight excluding hydrogens is 359 g/mol. The van der Waals surface area contributed by atoms with E-state index in [1.54, 1.807) is 6.92 Å². The highest BCUT2D eigenvalue weighted by molar-refractivity contribution is 5.99. The van der Waals surface area contributed by atoms with Crippen LogP contribution >= 0.6 is 0 Å². The third-order valence-electron chi connectivity index (χ3n) is 4.09. The monoisotopic (exact) mass is 371 g/mol. The maximum atomic E-state index is 13.4. The van der Waals surface area contributed by atoms with E-state index in [9.17, 15) is 18.3 Å². The summed E-state index contributed by atoms with van der Waals surface area (Å²) in [6, 6.07) is 6.70. The number of fused-ring (bicyclic) bond motifs is 1. The van der Waals surface area contributed by atoms with E-state index in [2.05, 4.69) is 25.1 Å². The molecule has 4 aromatic rings. The minimum atomic E-state index is -4.52. The first-order valence-corrected chi connectivity index (χ1v) is 7.89. The highest BCUT2D eigenvalue weighted by Gasteiger charge is 2.33. The van der Waals surface area contributed by atoms with E-state index in [1.807, 2.05) is 0 Å². The second-order valence-electron chi connectivity index (χ2n) is 5.86. The molecule has 0 amide bonds. The predicted molar refractivity (Wildman–Crippen MR) is 91.8 cm³/mol. The lowest BCUT2D eigenvalue weighted by Crippen LogP contribution is -2.07. The third kappa shape index (κ3) is 2.86. The van der Waals surface area contributed by atoms with Crippen molar-refractivity contribution in [1.82, 2.24) is 25.1 Å². The van der Waals surface area contributed by atoms with E-state index in [4.69, 9.17) is 0 Å². The Hall–Kier alpha value is -3.49. The largest absolute Gasteiger partial charge is 0.504 e. The number of alkyl halides is 3. The molecule has 0 saturated heterocycles. The Balaban J connectivity index is 1.97. The van der Waals surface area contributed by atoms with Gasteiger partial charge in [-0.15, -0.1) is 0 Å². The lowest BCUT2D eigenvalue weighted by atomic mass is 9.97. The summed E-state index contributed by atoms with van der Waals surface area (Å²) < 4.78 is 40.2. The summed E-state index contributed by atoms with van der Waals surface area (Å²) in [5.74, 6) is 0.416. The molecule has 4 rings (SSSR count). The van der Waals surface area contributed by atoms with Crippen LogP contribution in [0.2, 0.25) is 0 Å². The van der Waals surface area contributed by atoms with Gasteiger partial charge in [-0.25, -0.2) is 9.97 Å². The first kappa shape index (κ1) is 17.0. The minimum absolute atomic E-state index is 0.0138. The van der Waals surface area contributed by atoms with Gasteiger partial charge in [-0.3, -0.25) is 10.1 Å². The fraction of sp³-hybridized carbons (Fsp3) is 0.111. The smallest absolute Gasteiger partial charge is 0.417 e. The number of aromatic nitrogens is 5. The lowest BCUT2D eigenvalue weighted by molar-refractivity contribution is -0.137. The zero-order valence-electron chi connectivity index (χ0n) is 13.9. The van der Waals surface area contributed by atoms with E-state index in [0.29, 0.717) is 11.2 Å². The molecular formula is C18H12F3N5O. The predicted octanol–water partition coefficient (Wildman–Crippen LogP) is 4.11. The first-order valence-electron chi connectivity index (χ1n) is 7.89. The van der Waals surface area contributed by atoms with Crippen molar-refractivity contribution in [1.29, 1.82) is 0 Å². The number of pyridine rings is 2. The van der Waals surface area contributed by atoms with Gasteiger partial charge in [0.2, 0.25) is 5.82 Å². The summed E-state index contributed by atoms with van der Waals surface area (Å²) in [6.07, 6.45) is -1.80. The molecule has 0 bridgehead atoms. The standard InChI is InChI=1S/C18H12F3N5O/c1-9-24-17(26-25-9)15-16(27)14-12(8-23-15)10(6-7-22-14)11-4-2-3-5-13(11)18(19,20)21/h2-8,27H,1H3,(H,24,25,26). The number of nitrogens with one attached hydrogen (secondary N) is 1. The van der Waals surface area contributed by atoms with Crippen LogP contribution in [0.5, 0.6) is 5.75 Å². The minimum Gasteiger partial charge on any atom is -0.504 e. The lowest BCUT2D eigenvalue weighted by Gasteiger charge is -2.14. The molecule has 136 valence electrons. The normalized spacial score (nSPS) is 11.9. The van der Waals surface area contributed by atoms with Gasteiger partial charge >= 0.3 is 6.18 Å². The van der Waals surface area contributed by atoms with Crippen molar-refractivity contribution >= 4 is 10.9 Å². The molecule has 27 heavy (non-hydrogen) atoms. The first-order chi connectivity index (χ1) is 12.9. The topological polar surface area (TPSA) is 87.6 Å². The van der Waals surface area contributed by atoms with E-state index >= 15 is 0 Å². The second kappa shape index (κ2) is 6.04. The van der Waals surface area contributed by atoms with Crippen molar-refractivity contribution in [2.75, 3.05) is 0 Å². The summed E-state index contributed by atoms with van der Waals surface area (Å²) in [4.78, 5) is 12.4. The maximum Gasteiger partial charge on any atom is 0.417 e. The van der Waals surface area contributed by atoms with Gasteiger partial charge in [-0.1, -0.05) is 18.2 Å². The van der Waals surface area contributed by atoms with Gasteiger partial charge in [-0.05, 0) is 30.2 Å². The van der Waals surface area contributed by atoms with Gasteiger partial charge in [0.25, 0.3) is 0 Å². The van der Waals surface area contributed by atoms with E-state index < -0.39 is 11.7 Å². The van der Waals surface area contributed by atoms with Gasteiger partial charge in [0.1, 0.15) is 11.3 Å². The van der Waals surface area contributed by atoms with Gasteiger partial charge in [0.15, 0.2) is 11.4 Å². The number of H-pyrrole nitrogens is 1. The highest BCUT2D eigenvalue weighted by Crippen LogP contribution is 2.41. The van der Waals surface area contributed by atoms with E-state index in [1.165, 1.54) is 36.7 Å². The number of hydrogen-bond donors (Lipinski definition) is 2. The third-order valence-corrected chi connectivity index (χ3v) is 4.09. The molecule has 6 nitrogen and oxygen atoms in total. The zero-order chi connectivity index (χ0) is 19.2. The molecule has 2 N–H and O–H groups in total. The van der Waals surface area contributed by atoms with Crippen molar-refractivity contribution in [2.45, 2.75) is 13.1 Å². The molecule has 1 aromatic carbocycles. The number of halogens is 3. The van der Waals surface area contributed by atoms with E-state index in [-0.39, 0.29) is 33.9 Å². The Morgan fingerprint density at radius 2 is 1.81 bits per heavy atom. The van der Waals surface area contributed by atoms with Crippen LogP contribution in [0.1, 0.15) is 11.4 Å². The van der Waals surface area contributed by atoms with Crippen LogP contribution in [0, 0.1) is 6.92 Å². The summed E-state index contributed by atoms with van der Waals surface area (Å²) in [7, 11) is 0. The summed E-state index contributed by atoms with van der Waals surface area (Å²) in [5.41, 5.74) is -0.295. The molecule has 0 aliphatic heterocycles. The molecule has 0 saturated carbocycles. The Morgan fingerprint density at radius 3 is 2.52 bits per heavy atom. The van der Waals surface area contributed by atoms with Gasteiger partial charge in [0, 0.05) is 17.8 Å². The average molecular weight is 371 g/mol. The van der Waals surface area contributed by atoms with E-state index in [0.717, 1.165) is 6.07 Å². The van der Waals surface area contributed by atoms with Gasteiger partial charge in [0.05, 0.1) is 5.56 Å². The number of nitrogens with zero attached hydrogens (tertiary/aromatic N) is 4. The number of hydrogen-bond acceptors (Lipinski definition) is 5. The van der Waals surface area contributed by atoms with Crippen molar-refractivity contribution < 1.29 is 18.3 Å². The number of aryl methyl sites for hydroxylation is 1. The summed E-state index contributed by atoms with van der Waals surface area (Å²) in [5, 5.41) is 17.5. The highest BCUT2D eigenvalue weighted by atomic mass is 19.4. The number of aromatic hydroxyl groups is 1. The second-order valence-corrected chi connectivity index (χ2v) is 5.86. The average Bonchev–Trinajstić information content (AvgIpc) is 3.07. The molecule has 3 aromatic heterocycles. The quantitative estimate of drug-likeness (QED) is 0.554. The van der Waals surface area contributed by atoms with Crippen LogP contribution in [0.3, 0.4) is 0 Å². The van der Waals surface area contributed by atoms with Crippen molar-refractivity contribution in [3.8, 4) is 28.4 Å². The molecule has 0 spiro atoms. The molecule has 3 heterocycles. The SMILES string of the molecule is Cc1nc(-c2ncc3c(-c4ccccc4C(F)(F)F)ccnc3c2O)n[nH]1. The van der Waals surface area contributed by atoms with Gasteiger partial charge < -0.3 is 5.11 Å². The van der Waals surface area contributed by atoms with Crippen LogP contribution in [0.15, 0.2) is 42.7 Å². The molecule has 0 atom stereocenters. The van der Waals surface area contributed by atoms with Crippen molar-refractivity contribution in [2.24, 2.45) is 0 Å². The van der Waals surface area contributed by atoms with Crippen LogP contribution in [0.4, 0.5) is 13.2 Å². The van der Waals surface area contributed by atoms with Gasteiger partial charge in [-0.2, -0.15) is 18.3 Å². The number of aromatic amines is 1. The van der Waals surface area contributed by atoms with Crippen LogP contribution in [-0.2, 0) is 6.18 Å². The molecule has 0 aliphatic carbocycles. The van der Waals surface area contributed by atoms with Crippen molar-refractivity contribution in [3.63, 3.8) is 0 Å². The van der Waals surface area contributed by atoms with Crippen molar-refractivity contribution in [3.05, 3.63) is 54.1 Å². The zero-order valence-corrected chi connectivity index (χ0v) is 13.9. The molecule has 0 aliphatic rings. The van der Waals surface area contributed by atoms with Crippen LogP contribution in [0.25, 0.3) is 33.5 Å².